The number of hydrogen-bond donors (Lipinski definition) is 1. The molecule has 0 saturated carbocycles. The van der Waals surface area contributed by atoms with Gasteiger partial charge < -0.3 is 4.74 Å². The van der Waals surface area contributed by atoms with Crippen molar-refractivity contribution in [3.63, 3.8) is 0 Å². The van der Waals surface area contributed by atoms with E-state index in [0.717, 1.165) is 19.3 Å². The van der Waals surface area contributed by atoms with E-state index in [1.54, 1.807) is 12.1 Å². The highest BCUT2D eigenvalue weighted by molar-refractivity contribution is 5.87. The molecule has 1 amide bonds. The summed E-state index contributed by atoms with van der Waals surface area (Å²) >= 11 is 0. The van der Waals surface area contributed by atoms with Gasteiger partial charge in [-0.2, -0.15) is 0 Å². The van der Waals surface area contributed by atoms with Crippen molar-refractivity contribution in [3.8, 4) is 0 Å². The molecule has 0 aliphatic carbocycles. The number of nitrogens with zero attached hydrogens (tertiary/aromatic N) is 1. The van der Waals surface area contributed by atoms with Gasteiger partial charge in [0.25, 0.3) is 5.69 Å². The molecule has 0 aromatic heterocycles. The second-order valence-electron chi connectivity index (χ2n) is 7.13. The number of nitro groups is 1. The Kier molecular flexibility index (Phi) is 16.3. The minimum atomic E-state index is -0.664. The maximum atomic E-state index is 11.6. The van der Waals surface area contributed by atoms with Crippen LogP contribution in [0.15, 0.2) is 48.6 Å². The lowest BCUT2D eigenvalue weighted by Gasteiger charge is -2.11. The van der Waals surface area contributed by atoms with E-state index in [1.807, 2.05) is 27.7 Å². The maximum Gasteiger partial charge on any atom is 0.411 e. The number of nitrogens with one attached hydrogen (secondary N) is 1. The third kappa shape index (κ3) is 18.2. The summed E-state index contributed by atoms with van der Waals surface area (Å²) in [5.41, 5.74) is 2.33. The highest BCUT2D eigenvalue weighted by Crippen LogP contribution is 2.23. The van der Waals surface area contributed by atoms with Gasteiger partial charge in [-0.1, -0.05) is 50.0 Å². The second kappa shape index (κ2) is 16.5. The van der Waals surface area contributed by atoms with Crippen LogP contribution in [0.2, 0.25) is 0 Å². The molecular formula is C22H36N2O4. The molecule has 1 rings (SSSR count). The molecule has 0 fully saturated rings. The molecule has 1 aromatic carbocycles. The van der Waals surface area contributed by atoms with E-state index in [4.69, 9.17) is 4.74 Å². The van der Waals surface area contributed by atoms with Crippen LogP contribution in [-0.4, -0.2) is 17.6 Å². The van der Waals surface area contributed by atoms with Crippen LogP contribution < -0.4 is 5.32 Å². The lowest BCUT2D eigenvalue weighted by Crippen LogP contribution is -2.16. The summed E-state index contributed by atoms with van der Waals surface area (Å²) in [6.07, 6.45) is 2.32. The van der Waals surface area contributed by atoms with Crippen molar-refractivity contribution in [2.24, 2.45) is 5.92 Å². The predicted molar refractivity (Wildman–Crippen MR) is 118 cm³/mol. The summed E-state index contributed by atoms with van der Waals surface area (Å²) in [5.74, 6) is 0.499. The molecule has 0 spiro atoms. The van der Waals surface area contributed by atoms with Crippen molar-refractivity contribution < 1.29 is 14.5 Å². The van der Waals surface area contributed by atoms with Gasteiger partial charge in [0.05, 0.1) is 11.5 Å². The first-order valence-electron chi connectivity index (χ1n) is 9.42. The quantitative estimate of drug-likeness (QED) is 0.304. The smallest absolute Gasteiger partial charge is 0.411 e. The van der Waals surface area contributed by atoms with E-state index in [9.17, 15) is 14.9 Å². The summed E-state index contributed by atoms with van der Waals surface area (Å²) < 4.78 is 5.03. The first-order valence-corrected chi connectivity index (χ1v) is 9.42. The van der Waals surface area contributed by atoms with Crippen molar-refractivity contribution in [2.75, 3.05) is 11.9 Å². The van der Waals surface area contributed by atoms with Crippen molar-refractivity contribution in [2.45, 2.75) is 60.8 Å². The minimum Gasteiger partial charge on any atom is -0.449 e. The average molecular weight is 393 g/mol. The molecule has 0 saturated heterocycles. The van der Waals surface area contributed by atoms with E-state index < -0.39 is 11.0 Å². The third-order valence-corrected chi connectivity index (χ3v) is 2.96. The van der Waals surface area contributed by atoms with E-state index in [-0.39, 0.29) is 11.4 Å². The highest BCUT2D eigenvalue weighted by atomic mass is 16.6. The Morgan fingerprint density at radius 1 is 1.14 bits per heavy atom. The number of anilines is 1. The van der Waals surface area contributed by atoms with Gasteiger partial charge in [-0.25, -0.2) is 4.79 Å². The van der Waals surface area contributed by atoms with Crippen molar-refractivity contribution in [1.29, 1.82) is 0 Å². The normalized spacial score (nSPS) is 10.2. The Balaban J connectivity index is 0. The fraction of sp³-hybridized carbons (Fsp3) is 0.500. The molecule has 1 aromatic rings. The number of nitro benzene ring substituents is 1. The maximum absolute atomic E-state index is 11.6. The predicted octanol–water partition coefficient (Wildman–Crippen LogP) is 7.13. The first kappa shape index (κ1) is 27.6. The van der Waals surface area contributed by atoms with Gasteiger partial charge in [0, 0.05) is 6.07 Å². The largest absolute Gasteiger partial charge is 0.449 e. The Bertz CT molecular complexity index is 607. The number of benzene rings is 1. The highest BCUT2D eigenvalue weighted by Gasteiger charge is 2.15. The number of hydrogen-bond acceptors (Lipinski definition) is 4. The van der Waals surface area contributed by atoms with E-state index in [1.165, 1.54) is 23.3 Å². The molecule has 28 heavy (non-hydrogen) atoms. The number of carbonyl (C=O) groups excluding carboxylic acids is 1. The van der Waals surface area contributed by atoms with Crippen LogP contribution in [0.1, 0.15) is 60.8 Å². The summed E-state index contributed by atoms with van der Waals surface area (Å²) in [5, 5.41) is 13.2. The fourth-order valence-electron chi connectivity index (χ4n) is 1.87. The lowest BCUT2D eigenvalue weighted by molar-refractivity contribution is -0.383. The Labute approximate surface area is 169 Å². The first-order chi connectivity index (χ1) is 13.0. The van der Waals surface area contributed by atoms with Gasteiger partial charge in [0.1, 0.15) is 5.69 Å². The number of amides is 1. The molecular weight excluding hydrogens is 356 g/mol. The van der Waals surface area contributed by atoms with Crippen molar-refractivity contribution in [3.05, 3.63) is 58.7 Å². The Morgan fingerprint density at radius 3 is 2.11 bits per heavy atom. The molecule has 0 radical (unpaired) electrons. The zero-order valence-corrected chi connectivity index (χ0v) is 18.2. The van der Waals surface area contributed by atoms with Gasteiger partial charge in [0.15, 0.2) is 0 Å². The molecule has 6 nitrogen and oxygen atoms in total. The van der Waals surface area contributed by atoms with Crippen LogP contribution in [0.25, 0.3) is 0 Å². The standard InChI is InChI=1S/C14H20N2O4.2C4H8/c1-3-6-11(2)9-10-20-14(17)15-12-7-4-5-8-13(12)16(18)19;2*1-4(2)3/h4-5,7-8,11H,3,6,9-10H2,1-2H3,(H,15,17);2*1H2,2-3H3. The van der Waals surface area contributed by atoms with Crippen LogP contribution in [0.5, 0.6) is 0 Å². The molecule has 6 heteroatoms. The monoisotopic (exact) mass is 392 g/mol. The molecule has 1 N–H and O–H groups in total. The summed E-state index contributed by atoms with van der Waals surface area (Å²) in [7, 11) is 0. The molecule has 158 valence electrons. The van der Waals surface area contributed by atoms with Gasteiger partial charge >= 0.3 is 6.09 Å². The summed E-state index contributed by atoms with van der Waals surface area (Å²) in [6, 6.07) is 5.96. The van der Waals surface area contributed by atoms with Crippen LogP contribution in [0.4, 0.5) is 16.2 Å². The molecule has 0 heterocycles. The molecule has 0 bridgehead atoms. The molecule has 1 unspecified atom stereocenters. The number of para-hydroxylation sites is 2. The topological polar surface area (TPSA) is 81.5 Å². The van der Waals surface area contributed by atoms with E-state index >= 15 is 0 Å². The summed E-state index contributed by atoms with van der Waals surface area (Å²) in [6.45, 7) is 19.5. The average Bonchev–Trinajstić information content (AvgIpc) is 2.54. The minimum absolute atomic E-state index is 0.143. The van der Waals surface area contributed by atoms with Gasteiger partial charge in [-0.15, -0.1) is 13.2 Å². The van der Waals surface area contributed by atoms with Crippen LogP contribution in [0.3, 0.4) is 0 Å². The molecule has 1 atom stereocenters. The van der Waals surface area contributed by atoms with Crippen LogP contribution in [0, 0.1) is 16.0 Å². The SMILES string of the molecule is C=C(C)C.C=C(C)C.CCCC(C)CCOC(=O)Nc1ccccc1[N+](=O)[O-]. The second-order valence-corrected chi connectivity index (χ2v) is 7.13. The Morgan fingerprint density at radius 2 is 1.64 bits per heavy atom. The zero-order chi connectivity index (χ0) is 22.1. The molecule has 0 aliphatic heterocycles. The number of rotatable bonds is 7. The van der Waals surface area contributed by atoms with Gasteiger partial charge in [-0.3, -0.25) is 15.4 Å². The van der Waals surface area contributed by atoms with Crippen LogP contribution >= 0.6 is 0 Å². The molecule has 0 aliphatic rings. The zero-order valence-electron chi connectivity index (χ0n) is 18.2. The van der Waals surface area contributed by atoms with Gasteiger partial charge in [0.2, 0.25) is 0 Å². The van der Waals surface area contributed by atoms with Crippen molar-refractivity contribution in [1.82, 2.24) is 0 Å². The summed E-state index contributed by atoms with van der Waals surface area (Å²) in [4.78, 5) is 21.8. The van der Waals surface area contributed by atoms with E-state index in [2.05, 4.69) is 32.3 Å². The van der Waals surface area contributed by atoms with E-state index in [0.29, 0.717) is 12.5 Å². The number of ether oxygens (including phenoxy) is 1. The number of allylic oxidation sites excluding steroid dienone is 2. The van der Waals surface area contributed by atoms with Crippen molar-refractivity contribution >= 4 is 17.5 Å². The Hall–Kier alpha value is -2.63. The lowest BCUT2D eigenvalue weighted by atomic mass is 10.0. The van der Waals surface area contributed by atoms with Gasteiger partial charge in [-0.05, 0) is 46.1 Å². The fourth-order valence-corrected chi connectivity index (χ4v) is 1.87. The third-order valence-electron chi connectivity index (χ3n) is 2.96. The number of carbonyl (C=O) groups is 1. The van der Waals surface area contributed by atoms with Crippen LogP contribution in [-0.2, 0) is 4.74 Å².